The van der Waals surface area contributed by atoms with Gasteiger partial charge in [-0.25, -0.2) is 9.18 Å². The summed E-state index contributed by atoms with van der Waals surface area (Å²) in [5.41, 5.74) is 0. The van der Waals surface area contributed by atoms with Crippen LogP contribution in [0.15, 0.2) is 0 Å². The number of methoxy groups -OCH3 is 1. The zero-order valence-electron chi connectivity index (χ0n) is 6.80. The predicted octanol–water partition coefficient (Wildman–Crippen LogP) is 1.91. The fraction of sp³-hybridized carbons (Fsp3) is 0.857. The van der Waals surface area contributed by atoms with Gasteiger partial charge in [0.15, 0.2) is 0 Å². The number of halogens is 1. The Balaban J connectivity index is 3.20. The predicted molar refractivity (Wildman–Crippen MR) is 38.2 cm³/mol. The lowest BCUT2D eigenvalue weighted by atomic mass is 10.2. The summed E-state index contributed by atoms with van der Waals surface area (Å²) in [6, 6.07) is 0. The molecule has 4 heteroatoms. The second-order valence-electron chi connectivity index (χ2n) is 2.10. The minimum atomic E-state index is -0.889. The maximum absolute atomic E-state index is 12.5. The molecule has 1 atom stereocenters. The SMILES string of the molecule is CCC(F)CCOC(=O)OC. The molecule has 0 aromatic rings. The first-order chi connectivity index (χ1) is 5.20. The smallest absolute Gasteiger partial charge is 0.438 e. The van der Waals surface area contributed by atoms with Gasteiger partial charge >= 0.3 is 6.16 Å². The van der Waals surface area contributed by atoms with Crippen LogP contribution in [0.2, 0.25) is 0 Å². The molecule has 1 unspecified atom stereocenters. The highest BCUT2D eigenvalue weighted by Crippen LogP contribution is 2.02. The molecule has 0 N–H and O–H groups in total. The van der Waals surface area contributed by atoms with Gasteiger partial charge in [0.1, 0.15) is 6.17 Å². The van der Waals surface area contributed by atoms with Crippen LogP contribution in [0.5, 0.6) is 0 Å². The zero-order valence-corrected chi connectivity index (χ0v) is 6.80. The van der Waals surface area contributed by atoms with E-state index in [1.54, 1.807) is 6.92 Å². The van der Waals surface area contributed by atoms with Crippen LogP contribution in [0.1, 0.15) is 19.8 Å². The lowest BCUT2D eigenvalue weighted by Gasteiger charge is -2.04. The molecule has 0 amide bonds. The molecule has 66 valence electrons. The second kappa shape index (κ2) is 5.95. The molecule has 0 aliphatic carbocycles. The maximum atomic E-state index is 12.5. The van der Waals surface area contributed by atoms with Crippen molar-refractivity contribution in [3.63, 3.8) is 0 Å². The van der Waals surface area contributed by atoms with Gasteiger partial charge in [0.2, 0.25) is 0 Å². The van der Waals surface area contributed by atoms with E-state index in [0.717, 1.165) is 0 Å². The van der Waals surface area contributed by atoms with Gasteiger partial charge in [-0.05, 0) is 6.42 Å². The second-order valence-corrected chi connectivity index (χ2v) is 2.10. The molecule has 3 nitrogen and oxygen atoms in total. The van der Waals surface area contributed by atoms with Crippen molar-refractivity contribution in [1.29, 1.82) is 0 Å². The molecule has 0 saturated heterocycles. The van der Waals surface area contributed by atoms with Crippen LogP contribution in [0, 0.1) is 0 Å². The van der Waals surface area contributed by atoms with Gasteiger partial charge in [-0.3, -0.25) is 0 Å². The van der Waals surface area contributed by atoms with E-state index in [1.165, 1.54) is 7.11 Å². The summed E-state index contributed by atoms with van der Waals surface area (Å²) in [4.78, 5) is 10.3. The number of alkyl halides is 1. The van der Waals surface area contributed by atoms with Gasteiger partial charge in [0.05, 0.1) is 13.7 Å². The highest BCUT2D eigenvalue weighted by atomic mass is 19.1. The number of ether oxygens (including phenoxy) is 2. The van der Waals surface area contributed by atoms with Crippen LogP contribution in [-0.4, -0.2) is 26.0 Å². The van der Waals surface area contributed by atoms with E-state index >= 15 is 0 Å². The van der Waals surface area contributed by atoms with Crippen molar-refractivity contribution < 1.29 is 18.7 Å². The van der Waals surface area contributed by atoms with E-state index in [0.29, 0.717) is 6.42 Å². The molecule has 0 aromatic carbocycles. The van der Waals surface area contributed by atoms with Gasteiger partial charge in [0.25, 0.3) is 0 Å². The summed E-state index contributed by atoms with van der Waals surface area (Å²) < 4.78 is 21.1. The number of carbonyl (C=O) groups is 1. The summed E-state index contributed by atoms with van der Waals surface area (Å²) in [6.07, 6.45) is -0.955. The standard InChI is InChI=1S/C7H13FO3/c1-3-6(8)4-5-11-7(9)10-2/h6H,3-5H2,1-2H3. The van der Waals surface area contributed by atoms with E-state index in [2.05, 4.69) is 9.47 Å². The van der Waals surface area contributed by atoms with E-state index in [-0.39, 0.29) is 13.0 Å². The van der Waals surface area contributed by atoms with Crippen LogP contribution in [0.25, 0.3) is 0 Å². The number of carbonyl (C=O) groups excluding carboxylic acids is 1. The van der Waals surface area contributed by atoms with E-state index in [1.807, 2.05) is 0 Å². The molecule has 11 heavy (non-hydrogen) atoms. The first-order valence-electron chi connectivity index (χ1n) is 3.55. The zero-order chi connectivity index (χ0) is 8.69. The Hall–Kier alpha value is -0.800. The monoisotopic (exact) mass is 164 g/mol. The van der Waals surface area contributed by atoms with Crippen molar-refractivity contribution in [3.05, 3.63) is 0 Å². The topological polar surface area (TPSA) is 35.5 Å². The number of rotatable bonds is 4. The molecule has 0 saturated carbocycles. The van der Waals surface area contributed by atoms with Crippen LogP contribution >= 0.6 is 0 Å². The fourth-order valence-corrected chi connectivity index (χ4v) is 0.533. The first-order valence-corrected chi connectivity index (χ1v) is 3.55. The third-order valence-electron chi connectivity index (χ3n) is 1.26. The maximum Gasteiger partial charge on any atom is 0.507 e. The molecule has 0 fully saturated rings. The van der Waals surface area contributed by atoms with Crippen LogP contribution in [0.4, 0.5) is 9.18 Å². The van der Waals surface area contributed by atoms with Crippen molar-refractivity contribution >= 4 is 6.16 Å². The molecule has 0 spiro atoms. The van der Waals surface area contributed by atoms with E-state index < -0.39 is 12.3 Å². The van der Waals surface area contributed by atoms with E-state index in [9.17, 15) is 9.18 Å². The molecular weight excluding hydrogens is 151 g/mol. The highest BCUT2D eigenvalue weighted by molar-refractivity contribution is 5.59. The van der Waals surface area contributed by atoms with Crippen molar-refractivity contribution in [2.24, 2.45) is 0 Å². The Morgan fingerprint density at radius 1 is 1.64 bits per heavy atom. The summed E-state index contributed by atoms with van der Waals surface area (Å²) >= 11 is 0. The summed E-state index contributed by atoms with van der Waals surface area (Å²) in [6.45, 7) is 1.82. The molecule has 0 rings (SSSR count). The quantitative estimate of drug-likeness (QED) is 0.595. The molecule has 0 aromatic heterocycles. The largest absolute Gasteiger partial charge is 0.507 e. The minimum absolute atomic E-state index is 0.0850. The average Bonchev–Trinajstić information content (AvgIpc) is 2.04. The number of hydrogen-bond donors (Lipinski definition) is 0. The molecule has 0 heterocycles. The third kappa shape index (κ3) is 5.63. The van der Waals surface area contributed by atoms with Gasteiger partial charge < -0.3 is 9.47 Å². The van der Waals surface area contributed by atoms with Gasteiger partial charge in [0, 0.05) is 6.42 Å². The Morgan fingerprint density at radius 2 is 2.27 bits per heavy atom. The first kappa shape index (κ1) is 10.2. The summed E-state index contributed by atoms with van der Waals surface area (Å²) in [7, 11) is 1.22. The van der Waals surface area contributed by atoms with E-state index in [4.69, 9.17) is 0 Å². The molecule has 0 aliphatic heterocycles. The Labute approximate surface area is 65.5 Å². The van der Waals surface area contributed by atoms with Crippen LogP contribution in [-0.2, 0) is 9.47 Å². The number of hydrogen-bond acceptors (Lipinski definition) is 3. The van der Waals surface area contributed by atoms with Crippen LogP contribution in [0.3, 0.4) is 0 Å². The molecular formula is C7H13FO3. The van der Waals surface area contributed by atoms with Crippen molar-refractivity contribution in [2.75, 3.05) is 13.7 Å². The molecule has 0 radical (unpaired) electrons. The Bertz CT molecular complexity index is 116. The van der Waals surface area contributed by atoms with Gasteiger partial charge in [-0.15, -0.1) is 0 Å². The van der Waals surface area contributed by atoms with Crippen molar-refractivity contribution in [3.8, 4) is 0 Å². The molecule has 0 aliphatic rings. The average molecular weight is 164 g/mol. The normalized spacial score (nSPS) is 12.3. The minimum Gasteiger partial charge on any atom is -0.438 e. The van der Waals surface area contributed by atoms with Crippen molar-refractivity contribution in [2.45, 2.75) is 25.9 Å². The Morgan fingerprint density at radius 3 is 2.73 bits per heavy atom. The van der Waals surface area contributed by atoms with Gasteiger partial charge in [-0.1, -0.05) is 6.92 Å². The highest BCUT2D eigenvalue weighted by Gasteiger charge is 2.05. The third-order valence-corrected chi connectivity index (χ3v) is 1.26. The molecule has 0 bridgehead atoms. The Kier molecular flexibility index (Phi) is 5.51. The van der Waals surface area contributed by atoms with Crippen LogP contribution < -0.4 is 0 Å². The summed E-state index contributed by atoms with van der Waals surface area (Å²) in [5, 5.41) is 0. The lowest BCUT2D eigenvalue weighted by molar-refractivity contribution is 0.0658. The van der Waals surface area contributed by atoms with Gasteiger partial charge in [-0.2, -0.15) is 0 Å². The fourth-order valence-electron chi connectivity index (χ4n) is 0.533. The summed E-state index contributed by atoms with van der Waals surface area (Å²) in [5.74, 6) is 0. The van der Waals surface area contributed by atoms with Crippen molar-refractivity contribution in [1.82, 2.24) is 0 Å². The lowest BCUT2D eigenvalue weighted by Crippen LogP contribution is -2.09.